The molecule has 0 amide bonds. The third-order valence-electron chi connectivity index (χ3n) is 3.53. The van der Waals surface area contributed by atoms with Crippen molar-refractivity contribution in [1.29, 1.82) is 0 Å². The van der Waals surface area contributed by atoms with Crippen LogP contribution in [0.3, 0.4) is 0 Å². The van der Waals surface area contributed by atoms with Gasteiger partial charge in [-0.15, -0.1) is 37.2 Å². The zero-order valence-corrected chi connectivity index (χ0v) is 12.5. The molecule has 0 aliphatic carbocycles. The second-order valence-electron chi connectivity index (χ2n) is 4.56. The van der Waals surface area contributed by atoms with Crippen LogP contribution in [0.2, 0.25) is 0 Å². The van der Waals surface area contributed by atoms with Gasteiger partial charge in [-0.05, 0) is 29.7 Å². The van der Waals surface area contributed by atoms with Crippen molar-refractivity contribution >= 4 is 42.9 Å². The average molecular weight is 313 g/mol. The molecule has 18 heavy (non-hydrogen) atoms. The van der Waals surface area contributed by atoms with Crippen LogP contribution in [-0.4, -0.2) is 30.6 Å². The van der Waals surface area contributed by atoms with Crippen molar-refractivity contribution in [2.24, 2.45) is 0 Å². The lowest BCUT2D eigenvalue weighted by Crippen LogP contribution is -2.53. The molecule has 3 rings (SSSR count). The number of hydrogen-bond donors (Lipinski definition) is 2. The van der Waals surface area contributed by atoms with Crippen LogP contribution in [0.15, 0.2) is 18.2 Å². The highest BCUT2D eigenvalue weighted by Crippen LogP contribution is 2.25. The van der Waals surface area contributed by atoms with Crippen molar-refractivity contribution in [3.8, 4) is 0 Å². The Hall–Kier alpha value is -0.190. The smallest absolute Gasteiger partial charge is 0.0317 e. The molecule has 6 heteroatoms. The zero-order chi connectivity index (χ0) is 10.3. The van der Waals surface area contributed by atoms with Gasteiger partial charge in [0.1, 0.15) is 0 Å². The number of anilines is 1. The fourth-order valence-electron chi connectivity index (χ4n) is 2.68. The first-order chi connectivity index (χ1) is 7.33. The first-order valence-corrected chi connectivity index (χ1v) is 5.65. The van der Waals surface area contributed by atoms with Gasteiger partial charge >= 0.3 is 0 Å². The highest BCUT2D eigenvalue weighted by molar-refractivity contribution is 5.86. The molecule has 0 bridgehead atoms. The molecule has 1 unspecified atom stereocenters. The number of nitrogens with zero attached hydrogens (tertiary/aromatic N) is 1. The topological polar surface area (TPSA) is 41.3 Å². The van der Waals surface area contributed by atoms with E-state index in [1.165, 1.54) is 24.1 Å². The molecule has 2 aliphatic heterocycles. The summed E-state index contributed by atoms with van der Waals surface area (Å²) in [4.78, 5) is 2.57. The molecule has 0 aromatic heterocycles. The standard InChI is InChI=1S/C12H17N3.3ClH/c13-11-2-1-9-6-12-7-14-3-4-15(12)8-10(9)5-11;;;/h1-2,5,12,14H,3-4,6-8,13H2;3*1H. The summed E-state index contributed by atoms with van der Waals surface area (Å²) >= 11 is 0. The van der Waals surface area contributed by atoms with Crippen molar-refractivity contribution in [2.75, 3.05) is 25.4 Å². The zero-order valence-electron chi connectivity index (χ0n) is 10.1. The maximum atomic E-state index is 5.82. The number of nitrogen functional groups attached to an aromatic ring is 1. The van der Waals surface area contributed by atoms with Gasteiger partial charge in [-0.2, -0.15) is 0 Å². The molecule has 0 spiro atoms. The van der Waals surface area contributed by atoms with E-state index in [2.05, 4.69) is 22.3 Å². The Bertz CT molecular complexity index is 387. The van der Waals surface area contributed by atoms with Gasteiger partial charge in [0, 0.05) is 37.9 Å². The maximum Gasteiger partial charge on any atom is 0.0317 e. The van der Waals surface area contributed by atoms with Crippen LogP contribution in [0.25, 0.3) is 0 Å². The Labute approximate surface area is 127 Å². The van der Waals surface area contributed by atoms with Gasteiger partial charge in [0.15, 0.2) is 0 Å². The highest BCUT2D eigenvalue weighted by Gasteiger charge is 2.27. The van der Waals surface area contributed by atoms with Gasteiger partial charge in [0.25, 0.3) is 0 Å². The lowest BCUT2D eigenvalue weighted by Gasteiger charge is -2.40. The van der Waals surface area contributed by atoms with Crippen molar-refractivity contribution in [3.63, 3.8) is 0 Å². The van der Waals surface area contributed by atoms with E-state index in [1.54, 1.807) is 0 Å². The number of fused-ring (bicyclic) bond motifs is 2. The lowest BCUT2D eigenvalue weighted by molar-refractivity contribution is 0.140. The fourth-order valence-corrected chi connectivity index (χ4v) is 2.68. The summed E-state index contributed by atoms with van der Waals surface area (Å²) in [5.74, 6) is 0. The molecule has 0 saturated carbocycles. The Morgan fingerprint density at radius 1 is 1.17 bits per heavy atom. The molecule has 1 atom stereocenters. The molecule has 1 fully saturated rings. The summed E-state index contributed by atoms with van der Waals surface area (Å²) < 4.78 is 0. The Morgan fingerprint density at radius 2 is 1.94 bits per heavy atom. The number of rotatable bonds is 0. The first-order valence-electron chi connectivity index (χ1n) is 5.65. The van der Waals surface area contributed by atoms with E-state index in [0.717, 1.165) is 25.3 Å². The van der Waals surface area contributed by atoms with Crippen LogP contribution in [0.1, 0.15) is 11.1 Å². The SMILES string of the molecule is Cl.Cl.Cl.Nc1ccc2c(c1)CN1CCNCC1C2. The van der Waals surface area contributed by atoms with Gasteiger partial charge in [0.05, 0.1) is 0 Å². The maximum absolute atomic E-state index is 5.82. The van der Waals surface area contributed by atoms with Crippen LogP contribution >= 0.6 is 37.2 Å². The molecule has 2 heterocycles. The van der Waals surface area contributed by atoms with Crippen LogP contribution in [0, 0.1) is 0 Å². The second-order valence-corrected chi connectivity index (χ2v) is 4.56. The van der Waals surface area contributed by atoms with Gasteiger partial charge in [0.2, 0.25) is 0 Å². The van der Waals surface area contributed by atoms with E-state index in [9.17, 15) is 0 Å². The number of nitrogens with one attached hydrogen (secondary N) is 1. The van der Waals surface area contributed by atoms with E-state index in [-0.39, 0.29) is 37.2 Å². The number of benzene rings is 1. The van der Waals surface area contributed by atoms with Gasteiger partial charge in [-0.3, -0.25) is 4.90 Å². The highest BCUT2D eigenvalue weighted by atomic mass is 35.5. The molecular formula is C12H20Cl3N3. The number of hydrogen-bond acceptors (Lipinski definition) is 3. The fraction of sp³-hybridized carbons (Fsp3) is 0.500. The Balaban J connectivity index is 0.000000963. The summed E-state index contributed by atoms with van der Waals surface area (Å²) in [7, 11) is 0. The van der Waals surface area contributed by atoms with E-state index in [1.807, 2.05) is 6.07 Å². The predicted molar refractivity (Wildman–Crippen MR) is 83.4 cm³/mol. The summed E-state index contributed by atoms with van der Waals surface area (Å²) in [5.41, 5.74) is 9.61. The lowest BCUT2D eigenvalue weighted by atomic mass is 9.92. The minimum absolute atomic E-state index is 0. The first kappa shape index (κ1) is 17.8. The number of piperazine rings is 1. The third kappa shape index (κ3) is 3.43. The van der Waals surface area contributed by atoms with Crippen LogP contribution < -0.4 is 11.1 Å². The molecular weight excluding hydrogens is 293 g/mol. The molecule has 1 aromatic carbocycles. The summed E-state index contributed by atoms with van der Waals surface area (Å²) in [5, 5.41) is 3.46. The van der Waals surface area contributed by atoms with E-state index < -0.39 is 0 Å². The van der Waals surface area contributed by atoms with Crippen molar-refractivity contribution < 1.29 is 0 Å². The minimum atomic E-state index is 0. The van der Waals surface area contributed by atoms with Crippen molar-refractivity contribution in [1.82, 2.24) is 10.2 Å². The molecule has 1 saturated heterocycles. The van der Waals surface area contributed by atoms with Crippen molar-refractivity contribution in [2.45, 2.75) is 19.0 Å². The van der Waals surface area contributed by atoms with Gasteiger partial charge in [-0.25, -0.2) is 0 Å². The summed E-state index contributed by atoms with van der Waals surface area (Å²) in [6.45, 7) is 4.49. The largest absolute Gasteiger partial charge is 0.399 e. The molecule has 0 radical (unpaired) electrons. The van der Waals surface area contributed by atoms with Crippen molar-refractivity contribution in [3.05, 3.63) is 29.3 Å². The van der Waals surface area contributed by atoms with E-state index in [4.69, 9.17) is 5.73 Å². The molecule has 2 aliphatic rings. The Kier molecular flexibility index (Phi) is 7.33. The van der Waals surface area contributed by atoms with Gasteiger partial charge < -0.3 is 11.1 Å². The molecule has 1 aromatic rings. The summed E-state index contributed by atoms with van der Waals surface area (Å²) in [6, 6.07) is 7.03. The van der Waals surface area contributed by atoms with Crippen LogP contribution in [-0.2, 0) is 13.0 Å². The quantitative estimate of drug-likeness (QED) is 0.719. The monoisotopic (exact) mass is 311 g/mol. The normalized spacial score (nSPS) is 21.4. The van der Waals surface area contributed by atoms with E-state index >= 15 is 0 Å². The minimum Gasteiger partial charge on any atom is -0.399 e. The summed E-state index contributed by atoms with van der Waals surface area (Å²) in [6.07, 6.45) is 1.17. The molecule has 104 valence electrons. The third-order valence-corrected chi connectivity index (χ3v) is 3.53. The molecule has 3 N–H and O–H groups in total. The number of halogens is 3. The molecule has 3 nitrogen and oxygen atoms in total. The number of nitrogens with two attached hydrogens (primary N) is 1. The van der Waals surface area contributed by atoms with Crippen LogP contribution in [0.5, 0.6) is 0 Å². The Morgan fingerprint density at radius 3 is 2.72 bits per heavy atom. The second kappa shape index (κ2) is 7.41. The van der Waals surface area contributed by atoms with E-state index in [0.29, 0.717) is 6.04 Å². The predicted octanol–water partition coefficient (Wildman–Crippen LogP) is 1.86. The van der Waals surface area contributed by atoms with Gasteiger partial charge in [-0.1, -0.05) is 6.07 Å². The average Bonchev–Trinajstić information content (AvgIpc) is 2.26. The van der Waals surface area contributed by atoms with Crippen LogP contribution in [0.4, 0.5) is 5.69 Å².